The van der Waals surface area contributed by atoms with Crippen LogP contribution in [0.2, 0.25) is 0 Å². The smallest absolute Gasteiger partial charge is 0.247 e. The molecule has 1 aromatic carbocycles. The molecule has 1 saturated heterocycles. The van der Waals surface area contributed by atoms with Crippen LogP contribution in [0.3, 0.4) is 0 Å². The summed E-state index contributed by atoms with van der Waals surface area (Å²) in [5.74, 6) is 0.834. The van der Waals surface area contributed by atoms with Crippen LogP contribution < -0.4 is 15.4 Å². The van der Waals surface area contributed by atoms with Crippen molar-refractivity contribution in [3.8, 4) is 5.75 Å². The molecule has 0 radical (unpaired) electrons. The Morgan fingerprint density at radius 3 is 2.42 bits per heavy atom. The molecule has 0 bridgehead atoms. The Morgan fingerprint density at radius 1 is 1.32 bits per heavy atom. The van der Waals surface area contributed by atoms with Crippen LogP contribution in [0, 0.1) is 0 Å². The number of carbonyl (C=O) groups is 1. The van der Waals surface area contributed by atoms with Gasteiger partial charge in [-0.25, -0.2) is 0 Å². The van der Waals surface area contributed by atoms with Gasteiger partial charge in [-0.3, -0.25) is 4.79 Å². The van der Waals surface area contributed by atoms with Gasteiger partial charge in [0.1, 0.15) is 5.75 Å². The molecule has 1 amide bonds. The molecule has 1 aliphatic heterocycles. The highest BCUT2D eigenvalue weighted by Crippen LogP contribution is 2.18. The van der Waals surface area contributed by atoms with Crippen LogP contribution >= 0.6 is 0 Å². The van der Waals surface area contributed by atoms with Crippen LogP contribution in [-0.2, 0) is 4.79 Å². The molecule has 1 aromatic rings. The first-order valence-electron chi connectivity index (χ1n) is 6.46. The van der Waals surface area contributed by atoms with Crippen LogP contribution in [0.4, 0.5) is 0 Å². The molecule has 1 aliphatic rings. The van der Waals surface area contributed by atoms with Crippen molar-refractivity contribution in [3.05, 3.63) is 41.0 Å². The number of hydrogen-bond donors (Lipinski definition) is 2. The standard InChI is InChI=1S/C15H20N2O2/c1-10(13-8-16-9-13)15(18)17-11(2)12-4-6-14(19-3)7-5-12/h4-7,11,16H,8-9H2,1-3H3,(H,17,18). The SMILES string of the molecule is COc1ccc(C(C)NC(=O)C(C)=C2CNC2)cc1. The van der Waals surface area contributed by atoms with Gasteiger partial charge in [0.25, 0.3) is 0 Å². The molecular weight excluding hydrogens is 240 g/mol. The summed E-state index contributed by atoms with van der Waals surface area (Å²) < 4.78 is 5.12. The monoisotopic (exact) mass is 260 g/mol. The first kappa shape index (κ1) is 13.6. The second-order valence-electron chi connectivity index (χ2n) is 4.80. The minimum Gasteiger partial charge on any atom is -0.497 e. The van der Waals surface area contributed by atoms with Crippen molar-refractivity contribution in [2.45, 2.75) is 19.9 Å². The summed E-state index contributed by atoms with van der Waals surface area (Å²) in [6.07, 6.45) is 0. The minimum absolute atomic E-state index is 0.0120. The largest absolute Gasteiger partial charge is 0.497 e. The molecule has 0 aliphatic carbocycles. The average Bonchev–Trinajstić information content (AvgIpc) is 2.36. The molecule has 1 unspecified atom stereocenters. The molecule has 1 atom stereocenters. The third kappa shape index (κ3) is 3.15. The Kier molecular flexibility index (Phi) is 4.22. The molecule has 0 aromatic heterocycles. The van der Waals surface area contributed by atoms with E-state index >= 15 is 0 Å². The van der Waals surface area contributed by atoms with E-state index in [1.807, 2.05) is 38.1 Å². The summed E-state index contributed by atoms with van der Waals surface area (Å²) in [6.45, 7) is 5.52. The number of hydrogen-bond acceptors (Lipinski definition) is 3. The highest BCUT2D eigenvalue weighted by atomic mass is 16.5. The van der Waals surface area contributed by atoms with E-state index in [4.69, 9.17) is 4.74 Å². The third-order valence-corrected chi connectivity index (χ3v) is 3.51. The topological polar surface area (TPSA) is 50.4 Å². The van der Waals surface area contributed by atoms with Gasteiger partial charge in [0, 0.05) is 18.7 Å². The van der Waals surface area contributed by atoms with Gasteiger partial charge in [-0.2, -0.15) is 0 Å². The van der Waals surface area contributed by atoms with Gasteiger partial charge in [-0.15, -0.1) is 0 Å². The summed E-state index contributed by atoms with van der Waals surface area (Å²) in [5, 5.41) is 6.16. The number of methoxy groups -OCH3 is 1. The maximum atomic E-state index is 12.1. The molecule has 1 heterocycles. The van der Waals surface area contributed by atoms with E-state index < -0.39 is 0 Å². The predicted octanol–water partition coefficient (Wildman–Crippen LogP) is 1.79. The minimum atomic E-state index is -0.0120. The molecule has 0 saturated carbocycles. The van der Waals surface area contributed by atoms with Gasteiger partial charge in [0.2, 0.25) is 5.91 Å². The molecule has 2 N–H and O–H groups in total. The maximum absolute atomic E-state index is 12.1. The van der Waals surface area contributed by atoms with E-state index in [9.17, 15) is 4.79 Å². The number of amides is 1. The summed E-state index contributed by atoms with van der Waals surface area (Å²) in [7, 11) is 1.64. The number of benzene rings is 1. The fourth-order valence-corrected chi connectivity index (χ4v) is 1.96. The first-order valence-corrected chi connectivity index (χ1v) is 6.46. The van der Waals surface area contributed by atoms with Gasteiger partial charge >= 0.3 is 0 Å². The van der Waals surface area contributed by atoms with E-state index in [1.54, 1.807) is 7.11 Å². The van der Waals surface area contributed by atoms with Crippen molar-refractivity contribution in [2.75, 3.05) is 20.2 Å². The lowest BCUT2D eigenvalue weighted by molar-refractivity contribution is -0.118. The van der Waals surface area contributed by atoms with Crippen LogP contribution in [-0.4, -0.2) is 26.1 Å². The van der Waals surface area contributed by atoms with E-state index in [2.05, 4.69) is 10.6 Å². The molecular formula is C15H20N2O2. The second-order valence-corrected chi connectivity index (χ2v) is 4.80. The number of carbonyl (C=O) groups excluding carboxylic acids is 1. The lowest BCUT2D eigenvalue weighted by Gasteiger charge is -2.22. The maximum Gasteiger partial charge on any atom is 0.247 e. The Bertz CT molecular complexity index is 485. The molecule has 4 nitrogen and oxygen atoms in total. The van der Waals surface area contributed by atoms with Crippen LogP contribution in [0.15, 0.2) is 35.4 Å². The Hall–Kier alpha value is -1.81. The Labute approximate surface area is 113 Å². The van der Waals surface area contributed by atoms with Crippen LogP contribution in [0.1, 0.15) is 25.5 Å². The zero-order valence-corrected chi connectivity index (χ0v) is 11.6. The number of ether oxygens (including phenoxy) is 1. The van der Waals surface area contributed by atoms with Crippen molar-refractivity contribution in [1.82, 2.24) is 10.6 Å². The second kappa shape index (κ2) is 5.89. The van der Waals surface area contributed by atoms with Crippen LogP contribution in [0.5, 0.6) is 5.75 Å². The molecule has 2 rings (SSSR count). The molecule has 1 fully saturated rings. The van der Waals surface area contributed by atoms with E-state index in [1.165, 1.54) is 5.57 Å². The molecule has 102 valence electrons. The van der Waals surface area contributed by atoms with Crippen LogP contribution in [0.25, 0.3) is 0 Å². The van der Waals surface area contributed by atoms with Crippen molar-refractivity contribution in [1.29, 1.82) is 0 Å². The molecule has 19 heavy (non-hydrogen) atoms. The summed E-state index contributed by atoms with van der Waals surface area (Å²) in [5.41, 5.74) is 3.09. The number of rotatable bonds is 4. The zero-order valence-electron chi connectivity index (χ0n) is 11.6. The summed E-state index contributed by atoms with van der Waals surface area (Å²) in [4.78, 5) is 12.1. The van der Waals surface area contributed by atoms with Gasteiger partial charge in [0.05, 0.1) is 13.2 Å². The molecule has 4 heteroatoms. The Balaban J connectivity index is 1.99. The van der Waals surface area contributed by atoms with Crippen molar-refractivity contribution in [2.24, 2.45) is 0 Å². The lowest BCUT2D eigenvalue weighted by atomic mass is 10.0. The molecule has 0 spiro atoms. The van der Waals surface area contributed by atoms with Gasteiger partial charge in [-0.05, 0) is 37.1 Å². The van der Waals surface area contributed by atoms with Gasteiger partial charge in [-0.1, -0.05) is 12.1 Å². The quantitative estimate of drug-likeness (QED) is 0.812. The van der Waals surface area contributed by atoms with Crippen molar-refractivity contribution < 1.29 is 9.53 Å². The predicted molar refractivity (Wildman–Crippen MR) is 75.1 cm³/mol. The van der Waals surface area contributed by atoms with Crippen molar-refractivity contribution in [3.63, 3.8) is 0 Å². The van der Waals surface area contributed by atoms with Crippen molar-refractivity contribution >= 4 is 5.91 Å². The Morgan fingerprint density at radius 2 is 1.95 bits per heavy atom. The van der Waals surface area contributed by atoms with E-state index in [0.29, 0.717) is 0 Å². The third-order valence-electron chi connectivity index (χ3n) is 3.51. The van der Waals surface area contributed by atoms with E-state index in [-0.39, 0.29) is 11.9 Å². The van der Waals surface area contributed by atoms with Gasteiger partial charge in [0.15, 0.2) is 0 Å². The number of nitrogens with one attached hydrogen (secondary N) is 2. The fraction of sp³-hybridized carbons (Fsp3) is 0.400. The normalized spacial score (nSPS) is 15.4. The highest BCUT2D eigenvalue weighted by molar-refractivity contribution is 5.94. The zero-order chi connectivity index (χ0) is 13.8. The summed E-state index contributed by atoms with van der Waals surface area (Å²) in [6, 6.07) is 7.73. The van der Waals surface area contributed by atoms with Gasteiger partial charge < -0.3 is 15.4 Å². The van der Waals surface area contributed by atoms with E-state index in [0.717, 1.165) is 30.0 Å². The average molecular weight is 260 g/mol. The summed E-state index contributed by atoms with van der Waals surface area (Å²) >= 11 is 0. The first-order chi connectivity index (χ1) is 9.11. The lowest BCUT2D eigenvalue weighted by Crippen LogP contribution is -2.38. The fourth-order valence-electron chi connectivity index (χ4n) is 1.96. The highest BCUT2D eigenvalue weighted by Gasteiger charge is 2.17.